The van der Waals surface area contributed by atoms with E-state index in [-0.39, 0.29) is 18.4 Å². The van der Waals surface area contributed by atoms with Gasteiger partial charge in [0.25, 0.3) is 5.91 Å². The number of thiophene rings is 1. The van der Waals surface area contributed by atoms with Crippen LogP contribution in [0, 0.1) is 11.8 Å². The first-order valence-electron chi connectivity index (χ1n) is 5.79. The average Bonchev–Trinajstić information content (AvgIpc) is 2.87. The van der Waals surface area contributed by atoms with Gasteiger partial charge in [-0.25, -0.2) is 0 Å². The van der Waals surface area contributed by atoms with Gasteiger partial charge in [0.1, 0.15) is 6.04 Å². The summed E-state index contributed by atoms with van der Waals surface area (Å²) in [5, 5.41) is 15.4. The van der Waals surface area contributed by atoms with Crippen LogP contribution >= 0.6 is 11.3 Å². The first kappa shape index (κ1) is 15.2. The molecule has 2 amide bonds. The second-order valence-electron chi connectivity index (χ2n) is 3.78. The van der Waals surface area contributed by atoms with E-state index in [2.05, 4.69) is 22.5 Å². The molecule has 6 heteroatoms. The molecule has 5 nitrogen and oxygen atoms in total. The van der Waals surface area contributed by atoms with Gasteiger partial charge in [0, 0.05) is 18.8 Å². The zero-order chi connectivity index (χ0) is 14.3. The topological polar surface area (TPSA) is 78.4 Å². The van der Waals surface area contributed by atoms with Gasteiger partial charge < -0.3 is 15.7 Å². The van der Waals surface area contributed by atoms with E-state index in [1.807, 2.05) is 0 Å². The summed E-state index contributed by atoms with van der Waals surface area (Å²) in [6, 6.07) is 1.09. The lowest BCUT2D eigenvalue weighted by molar-refractivity contribution is -0.122. The fourth-order valence-corrected chi connectivity index (χ4v) is 2.04. The van der Waals surface area contributed by atoms with Crippen molar-refractivity contribution in [3.05, 3.63) is 21.9 Å². The van der Waals surface area contributed by atoms with E-state index in [9.17, 15) is 9.59 Å². The highest BCUT2D eigenvalue weighted by atomic mass is 32.1. The molecule has 0 aliphatic carbocycles. The molecule has 0 saturated heterocycles. The molecule has 0 spiro atoms. The molecule has 0 aliphatic rings. The van der Waals surface area contributed by atoms with Gasteiger partial charge in [0.2, 0.25) is 5.91 Å². The molecule has 19 heavy (non-hydrogen) atoms. The lowest BCUT2D eigenvalue weighted by Gasteiger charge is -2.11. The highest BCUT2D eigenvalue weighted by Crippen LogP contribution is 2.13. The minimum absolute atomic E-state index is 0.0232. The molecule has 0 aromatic carbocycles. The Hall–Kier alpha value is -1.84. The number of amides is 2. The highest BCUT2D eigenvalue weighted by molar-refractivity contribution is 7.10. The highest BCUT2D eigenvalue weighted by Gasteiger charge is 2.15. The van der Waals surface area contributed by atoms with E-state index in [0.29, 0.717) is 12.0 Å². The van der Waals surface area contributed by atoms with Crippen LogP contribution in [0.25, 0.3) is 0 Å². The lowest BCUT2D eigenvalue weighted by atomic mass is 10.2. The van der Waals surface area contributed by atoms with Gasteiger partial charge in [-0.15, -0.1) is 11.3 Å². The monoisotopic (exact) mass is 280 g/mol. The summed E-state index contributed by atoms with van der Waals surface area (Å²) in [6.45, 7) is 1.64. The van der Waals surface area contributed by atoms with Crippen LogP contribution in [0.3, 0.4) is 0 Å². The van der Waals surface area contributed by atoms with Crippen molar-refractivity contribution in [1.82, 2.24) is 10.6 Å². The summed E-state index contributed by atoms with van der Waals surface area (Å²) in [5.74, 6) is 5.10. The fraction of sp³-hybridized carbons (Fsp3) is 0.385. The van der Waals surface area contributed by atoms with Crippen molar-refractivity contribution >= 4 is 23.2 Å². The molecule has 102 valence electrons. The number of hydrogen-bond acceptors (Lipinski definition) is 4. The first-order valence-corrected chi connectivity index (χ1v) is 6.67. The molecule has 1 heterocycles. The van der Waals surface area contributed by atoms with Crippen molar-refractivity contribution in [2.75, 3.05) is 13.7 Å². The second-order valence-corrected chi connectivity index (χ2v) is 4.70. The van der Waals surface area contributed by atoms with Gasteiger partial charge in [-0.1, -0.05) is 11.8 Å². The Bertz CT molecular complexity index is 513. The van der Waals surface area contributed by atoms with Crippen molar-refractivity contribution < 1.29 is 14.7 Å². The van der Waals surface area contributed by atoms with E-state index in [1.165, 1.54) is 18.4 Å². The Kier molecular flexibility index (Phi) is 6.06. The minimum atomic E-state index is -0.582. The van der Waals surface area contributed by atoms with Crippen LogP contribution in [0.1, 0.15) is 28.6 Å². The molecule has 1 aromatic heterocycles. The van der Waals surface area contributed by atoms with Crippen molar-refractivity contribution in [2.45, 2.75) is 19.4 Å². The zero-order valence-corrected chi connectivity index (χ0v) is 11.6. The number of hydrogen-bond donors (Lipinski definition) is 3. The third-order valence-electron chi connectivity index (χ3n) is 2.30. The Morgan fingerprint density at radius 1 is 1.53 bits per heavy atom. The van der Waals surface area contributed by atoms with Crippen molar-refractivity contribution in [3.63, 3.8) is 0 Å². The van der Waals surface area contributed by atoms with Gasteiger partial charge in [-0.05, 0) is 13.0 Å². The van der Waals surface area contributed by atoms with Crippen LogP contribution in [0.15, 0.2) is 11.4 Å². The van der Waals surface area contributed by atoms with E-state index in [4.69, 9.17) is 5.11 Å². The molecule has 0 radical (unpaired) electrons. The number of nitrogens with one attached hydrogen (secondary N) is 2. The normalized spacial score (nSPS) is 11.1. The molecule has 3 N–H and O–H groups in total. The van der Waals surface area contributed by atoms with Crippen LogP contribution in [0.4, 0.5) is 0 Å². The number of carbonyl (C=O) groups excluding carboxylic acids is 2. The second kappa shape index (κ2) is 7.56. The number of likely N-dealkylation sites (N-methyl/N-ethyl adjacent to an activating group) is 1. The van der Waals surface area contributed by atoms with Gasteiger partial charge in [0.15, 0.2) is 0 Å². The largest absolute Gasteiger partial charge is 0.395 e. The van der Waals surface area contributed by atoms with Gasteiger partial charge in [0.05, 0.1) is 17.0 Å². The van der Waals surface area contributed by atoms with Crippen LogP contribution in [-0.2, 0) is 4.79 Å². The van der Waals surface area contributed by atoms with E-state index in [1.54, 1.807) is 18.4 Å². The molecule has 0 aliphatic heterocycles. The van der Waals surface area contributed by atoms with Gasteiger partial charge in [-0.2, -0.15) is 0 Å². The fourth-order valence-electron chi connectivity index (χ4n) is 1.29. The molecular weight excluding hydrogens is 264 g/mol. The van der Waals surface area contributed by atoms with E-state index in [0.717, 1.165) is 4.88 Å². The number of aliphatic hydroxyl groups is 1. The standard InChI is InChI=1S/C13H16N2O3S/c1-9(12(17)14-2)15-13(18)10-7-11(19-8-10)5-3-4-6-16/h7-9,16H,4,6H2,1-2H3,(H,14,17)(H,15,18). The minimum Gasteiger partial charge on any atom is -0.395 e. The Balaban J connectivity index is 2.64. The third-order valence-corrected chi connectivity index (χ3v) is 3.14. The van der Waals surface area contributed by atoms with Crippen LogP contribution in [0.5, 0.6) is 0 Å². The zero-order valence-electron chi connectivity index (χ0n) is 10.8. The smallest absolute Gasteiger partial charge is 0.252 e. The molecule has 0 fully saturated rings. The Labute approximate surface area is 116 Å². The summed E-state index contributed by atoms with van der Waals surface area (Å²) in [7, 11) is 1.52. The Morgan fingerprint density at radius 2 is 2.26 bits per heavy atom. The molecule has 1 rings (SSSR count). The summed E-state index contributed by atoms with van der Waals surface area (Å²) >= 11 is 1.35. The number of carbonyl (C=O) groups is 2. The molecule has 1 unspecified atom stereocenters. The Morgan fingerprint density at radius 3 is 2.89 bits per heavy atom. The van der Waals surface area contributed by atoms with Gasteiger partial charge in [-0.3, -0.25) is 9.59 Å². The molecule has 1 aromatic rings. The predicted molar refractivity (Wildman–Crippen MR) is 73.9 cm³/mol. The number of rotatable bonds is 4. The molecule has 1 atom stereocenters. The summed E-state index contributed by atoms with van der Waals surface area (Å²) in [5.41, 5.74) is 0.481. The molecule has 0 bridgehead atoms. The maximum absolute atomic E-state index is 11.8. The van der Waals surface area contributed by atoms with Crippen LogP contribution in [-0.4, -0.2) is 36.6 Å². The predicted octanol–water partition coefficient (Wildman–Crippen LogP) is 0.346. The third kappa shape index (κ3) is 4.73. The van der Waals surface area contributed by atoms with Gasteiger partial charge >= 0.3 is 0 Å². The summed E-state index contributed by atoms with van der Waals surface area (Å²) < 4.78 is 0. The van der Waals surface area contributed by atoms with E-state index < -0.39 is 6.04 Å². The van der Waals surface area contributed by atoms with Crippen molar-refractivity contribution in [3.8, 4) is 11.8 Å². The average molecular weight is 280 g/mol. The molecular formula is C13H16N2O3S. The van der Waals surface area contributed by atoms with Crippen molar-refractivity contribution in [2.24, 2.45) is 0 Å². The summed E-state index contributed by atoms with van der Waals surface area (Å²) in [4.78, 5) is 23.9. The summed E-state index contributed by atoms with van der Waals surface area (Å²) in [6.07, 6.45) is 0.410. The van der Waals surface area contributed by atoms with Crippen LogP contribution in [0.2, 0.25) is 0 Å². The molecule has 0 saturated carbocycles. The van der Waals surface area contributed by atoms with E-state index >= 15 is 0 Å². The van der Waals surface area contributed by atoms with Crippen LogP contribution < -0.4 is 10.6 Å². The SMILES string of the molecule is CNC(=O)C(C)NC(=O)c1csc(C#CCCO)c1. The maximum atomic E-state index is 11.8. The number of aliphatic hydroxyl groups excluding tert-OH is 1. The first-order chi connectivity index (χ1) is 9.08. The maximum Gasteiger partial charge on any atom is 0.252 e. The quantitative estimate of drug-likeness (QED) is 0.696. The van der Waals surface area contributed by atoms with Crippen molar-refractivity contribution in [1.29, 1.82) is 0 Å². The lowest BCUT2D eigenvalue weighted by Crippen LogP contribution is -2.43.